The second kappa shape index (κ2) is 7.53. The van der Waals surface area contributed by atoms with E-state index in [1.165, 1.54) is 5.56 Å². The van der Waals surface area contributed by atoms with Gasteiger partial charge in [0.1, 0.15) is 11.4 Å². The Hall–Kier alpha value is -3.13. The fourth-order valence-electron chi connectivity index (χ4n) is 4.82. The molecule has 1 aromatic heterocycles. The topological polar surface area (TPSA) is 86.8 Å². The van der Waals surface area contributed by atoms with E-state index in [9.17, 15) is 9.59 Å². The molecule has 3 aliphatic heterocycles. The highest BCUT2D eigenvalue weighted by molar-refractivity contribution is 5.97. The van der Waals surface area contributed by atoms with E-state index >= 15 is 0 Å². The van der Waals surface area contributed by atoms with Crippen molar-refractivity contribution in [1.82, 2.24) is 15.2 Å². The number of likely N-dealkylation sites (tertiary alicyclic amines) is 1. The van der Waals surface area contributed by atoms with Crippen LogP contribution in [0, 0.1) is 5.41 Å². The lowest BCUT2D eigenvalue weighted by Crippen LogP contribution is -2.71. The fraction of sp³-hybridized carbons (Fsp3) is 0.435. The molecule has 5 rings (SSSR count). The summed E-state index contributed by atoms with van der Waals surface area (Å²) in [4.78, 5) is 32.7. The van der Waals surface area contributed by atoms with Crippen molar-refractivity contribution in [3.8, 4) is 5.75 Å². The predicted octanol–water partition coefficient (Wildman–Crippen LogP) is 2.36. The summed E-state index contributed by atoms with van der Waals surface area (Å²) in [5.74, 6) is 0.517. The number of nitrogens with zero attached hydrogens (tertiary/aromatic N) is 3. The fourth-order valence-corrected chi connectivity index (χ4v) is 4.82. The number of hydrogen-bond acceptors (Lipinski definition) is 6. The van der Waals surface area contributed by atoms with Crippen LogP contribution in [0.1, 0.15) is 32.2 Å². The van der Waals surface area contributed by atoms with Crippen LogP contribution in [0.3, 0.4) is 0 Å². The Balaban J connectivity index is 0.00000153. The number of benzene rings is 1. The first-order valence-corrected chi connectivity index (χ1v) is 10.7. The highest BCUT2D eigenvalue weighted by Crippen LogP contribution is 2.42. The van der Waals surface area contributed by atoms with E-state index in [0.717, 1.165) is 49.8 Å². The molecular formula is C23H31N5O3. The minimum atomic E-state index is -0.398. The van der Waals surface area contributed by atoms with Crippen LogP contribution >= 0.6 is 0 Å². The van der Waals surface area contributed by atoms with E-state index in [1.54, 1.807) is 19.3 Å². The van der Waals surface area contributed by atoms with Crippen LogP contribution in [0.4, 0.5) is 11.4 Å². The Morgan fingerprint density at radius 2 is 2.10 bits per heavy atom. The van der Waals surface area contributed by atoms with E-state index in [0.29, 0.717) is 17.5 Å². The number of amides is 2. The number of anilines is 2. The van der Waals surface area contributed by atoms with Gasteiger partial charge in [0.2, 0.25) is 0 Å². The van der Waals surface area contributed by atoms with Crippen molar-refractivity contribution in [2.45, 2.75) is 26.0 Å². The lowest BCUT2D eigenvalue weighted by atomic mass is 9.72. The molecule has 8 nitrogen and oxygen atoms in total. The first-order valence-electron chi connectivity index (χ1n) is 10.7. The number of pyridine rings is 1. The van der Waals surface area contributed by atoms with Crippen LogP contribution in [0.5, 0.6) is 5.75 Å². The van der Waals surface area contributed by atoms with E-state index < -0.39 is 6.10 Å². The number of aromatic nitrogens is 1. The Bertz CT molecular complexity index is 1020. The van der Waals surface area contributed by atoms with Gasteiger partial charge in [-0.2, -0.15) is 0 Å². The Morgan fingerprint density at radius 1 is 1.29 bits per heavy atom. The minimum absolute atomic E-state index is 0. The molecule has 2 amide bonds. The van der Waals surface area contributed by atoms with Gasteiger partial charge in [-0.1, -0.05) is 13.0 Å². The van der Waals surface area contributed by atoms with Crippen LogP contribution in [0.25, 0.3) is 0 Å². The third kappa shape index (κ3) is 3.61. The molecule has 2 fully saturated rings. The van der Waals surface area contributed by atoms with E-state index in [4.69, 9.17) is 4.74 Å². The van der Waals surface area contributed by atoms with Crippen LogP contribution in [-0.2, 0) is 11.3 Å². The molecule has 0 bridgehead atoms. The van der Waals surface area contributed by atoms with Crippen LogP contribution in [0.2, 0.25) is 0 Å². The molecule has 1 spiro atoms. The normalized spacial score (nSPS) is 21.4. The number of ether oxygens (including phenoxy) is 1. The zero-order chi connectivity index (χ0) is 21.6. The molecular weight excluding hydrogens is 394 g/mol. The number of carbonyl (C=O) groups excluding carboxylic acids is 2. The quantitative estimate of drug-likeness (QED) is 0.765. The van der Waals surface area contributed by atoms with Crippen molar-refractivity contribution in [1.29, 1.82) is 0 Å². The predicted molar refractivity (Wildman–Crippen MR) is 122 cm³/mol. The van der Waals surface area contributed by atoms with Crippen LogP contribution in [-0.4, -0.2) is 61.0 Å². The van der Waals surface area contributed by atoms with Gasteiger partial charge in [-0.15, -0.1) is 0 Å². The summed E-state index contributed by atoms with van der Waals surface area (Å²) in [7, 11) is 1.61. The van der Waals surface area contributed by atoms with Gasteiger partial charge in [0.05, 0.1) is 17.6 Å². The molecule has 2 saturated heterocycles. The highest BCUT2D eigenvalue weighted by atomic mass is 16.5. The van der Waals surface area contributed by atoms with Gasteiger partial charge in [0.25, 0.3) is 11.8 Å². The van der Waals surface area contributed by atoms with E-state index in [1.807, 2.05) is 25.1 Å². The zero-order valence-electron chi connectivity index (χ0n) is 17.9. The van der Waals surface area contributed by atoms with Crippen LogP contribution in [0.15, 0.2) is 36.5 Å². The molecule has 1 aromatic carbocycles. The van der Waals surface area contributed by atoms with Crippen molar-refractivity contribution in [3.05, 3.63) is 47.8 Å². The number of fused-ring (bicyclic) bond motifs is 1. The molecule has 8 heteroatoms. The SMILES string of the molecule is CC[C@H]1Oc2ccc(CN3CC4(C3)CN(c3ccc(C(=O)NC)nc3)C4)cc2NC1=O.[HH].[HH]. The maximum absolute atomic E-state index is 12.1. The lowest BCUT2D eigenvalue weighted by molar-refractivity contribution is -0.123. The molecule has 166 valence electrons. The Morgan fingerprint density at radius 3 is 2.77 bits per heavy atom. The lowest BCUT2D eigenvalue weighted by Gasteiger charge is -2.61. The van der Waals surface area contributed by atoms with Crippen molar-refractivity contribution in [2.24, 2.45) is 5.41 Å². The monoisotopic (exact) mass is 425 g/mol. The highest BCUT2D eigenvalue weighted by Gasteiger charge is 2.51. The van der Waals surface area contributed by atoms with Gasteiger partial charge in [-0.3, -0.25) is 14.5 Å². The molecule has 0 radical (unpaired) electrons. The molecule has 1 atom stereocenters. The molecule has 0 saturated carbocycles. The largest absolute Gasteiger partial charge is 0.478 e. The smallest absolute Gasteiger partial charge is 0.269 e. The molecule has 0 aliphatic carbocycles. The van der Waals surface area contributed by atoms with Gasteiger partial charge in [0, 0.05) is 48.0 Å². The summed E-state index contributed by atoms with van der Waals surface area (Å²) < 4.78 is 5.78. The van der Waals surface area contributed by atoms with Gasteiger partial charge in [0.15, 0.2) is 6.10 Å². The van der Waals surface area contributed by atoms with Crippen molar-refractivity contribution < 1.29 is 17.2 Å². The van der Waals surface area contributed by atoms with Crippen molar-refractivity contribution in [2.75, 3.05) is 43.4 Å². The molecule has 4 heterocycles. The maximum atomic E-state index is 12.1. The van der Waals surface area contributed by atoms with Gasteiger partial charge in [-0.25, -0.2) is 4.98 Å². The van der Waals surface area contributed by atoms with Gasteiger partial charge >= 0.3 is 0 Å². The molecule has 31 heavy (non-hydrogen) atoms. The summed E-state index contributed by atoms with van der Waals surface area (Å²) in [5, 5.41) is 5.56. The van der Waals surface area contributed by atoms with Gasteiger partial charge < -0.3 is 20.3 Å². The van der Waals surface area contributed by atoms with E-state index in [2.05, 4.69) is 31.5 Å². The maximum Gasteiger partial charge on any atom is 0.269 e. The first kappa shape index (κ1) is 19.8. The molecule has 0 unspecified atom stereocenters. The third-order valence-corrected chi connectivity index (χ3v) is 6.38. The Labute approximate surface area is 184 Å². The standard InChI is InChI=1S/C23H27N5O3.2H2/c1-3-19-22(30)26-18-8-15(4-7-20(18)31-19)10-27-11-23(12-27)13-28(14-23)16-5-6-17(25-9-16)21(29)24-2;;/h4-9,19H,3,10-14H2,1-2H3,(H,24,29)(H,26,30);2*1H/t19-;;/m1../s1. The number of nitrogens with one attached hydrogen (secondary N) is 2. The summed E-state index contributed by atoms with van der Waals surface area (Å²) >= 11 is 0. The number of carbonyl (C=O) groups is 2. The molecule has 3 aliphatic rings. The second-order valence-corrected chi connectivity index (χ2v) is 8.82. The summed E-state index contributed by atoms with van der Waals surface area (Å²) in [6, 6.07) is 9.81. The molecule has 2 N–H and O–H groups in total. The van der Waals surface area contributed by atoms with Crippen LogP contribution < -0.4 is 20.3 Å². The first-order chi connectivity index (χ1) is 15.0. The summed E-state index contributed by atoms with van der Waals surface area (Å²) in [5.41, 5.74) is 3.79. The third-order valence-electron chi connectivity index (χ3n) is 6.38. The zero-order valence-corrected chi connectivity index (χ0v) is 17.9. The number of rotatable bonds is 5. The average molecular weight is 426 g/mol. The molecule has 2 aromatic rings. The van der Waals surface area contributed by atoms with Crippen molar-refractivity contribution in [3.63, 3.8) is 0 Å². The Kier molecular flexibility index (Phi) is 4.81. The second-order valence-electron chi connectivity index (χ2n) is 8.82. The minimum Gasteiger partial charge on any atom is -0.478 e. The van der Waals surface area contributed by atoms with Crippen molar-refractivity contribution >= 4 is 23.2 Å². The van der Waals surface area contributed by atoms with E-state index in [-0.39, 0.29) is 14.7 Å². The summed E-state index contributed by atoms with van der Waals surface area (Å²) in [6.07, 6.45) is 2.04. The average Bonchev–Trinajstić information content (AvgIpc) is 2.73. The summed E-state index contributed by atoms with van der Waals surface area (Å²) in [6.45, 7) is 6.95. The number of hydrogen-bond donors (Lipinski definition) is 2. The van der Waals surface area contributed by atoms with Gasteiger partial charge in [-0.05, 0) is 36.2 Å².